The summed E-state index contributed by atoms with van der Waals surface area (Å²) >= 11 is 0. The lowest BCUT2D eigenvalue weighted by Gasteiger charge is -2.36. The van der Waals surface area contributed by atoms with Gasteiger partial charge in [-0.15, -0.1) is 0 Å². The summed E-state index contributed by atoms with van der Waals surface area (Å²) in [6.07, 6.45) is 11.2. The summed E-state index contributed by atoms with van der Waals surface area (Å²) < 4.78 is 37.0. The van der Waals surface area contributed by atoms with E-state index in [2.05, 4.69) is 43.6 Å². The third-order valence-electron chi connectivity index (χ3n) is 9.12. The molecule has 0 aliphatic carbocycles. The number of nitrogens with zero attached hydrogens (tertiary/aromatic N) is 8. The molecule has 0 radical (unpaired) electrons. The highest BCUT2D eigenvalue weighted by atomic mass is 32.2. The van der Waals surface area contributed by atoms with Crippen LogP contribution in [-0.4, -0.2) is 87.0 Å². The van der Waals surface area contributed by atoms with Crippen LogP contribution in [0, 0.1) is 6.92 Å². The Balaban J connectivity index is 1.29. The van der Waals surface area contributed by atoms with Gasteiger partial charge in [0.15, 0.2) is 5.65 Å². The summed E-state index contributed by atoms with van der Waals surface area (Å²) in [4.78, 5) is 19.5. The molecule has 2 aliphatic rings. The van der Waals surface area contributed by atoms with Crippen molar-refractivity contribution in [2.24, 2.45) is 0 Å². The second-order valence-electron chi connectivity index (χ2n) is 12.5. The summed E-state index contributed by atoms with van der Waals surface area (Å²) in [6.45, 7) is 13.1. The lowest BCUT2D eigenvalue weighted by Crippen LogP contribution is -2.46. The number of hydrogen-bond donors (Lipinski definition) is 0. The minimum Gasteiger partial charge on any atom is -0.372 e. The van der Waals surface area contributed by atoms with E-state index in [-0.39, 0.29) is 22.8 Å². The van der Waals surface area contributed by atoms with Crippen LogP contribution in [0.25, 0.3) is 33.5 Å². The normalized spacial score (nSPS) is 20.0. The molecular weight excluding hydrogens is 600 g/mol. The first kappa shape index (κ1) is 30.5. The molecule has 7 rings (SSSR count). The summed E-state index contributed by atoms with van der Waals surface area (Å²) in [5, 5.41) is 4.73. The Morgan fingerprint density at radius 1 is 0.935 bits per heavy atom. The van der Waals surface area contributed by atoms with E-state index < -0.39 is 10.0 Å². The number of rotatable bonds is 7. The number of pyridine rings is 1. The molecule has 2 fully saturated rings. The molecule has 0 saturated carbocycles. The van der Waals surface area contributed by atoms with Gasteiger partial charge in [0.1, 0.15) is 11.3 Å². The highest BCUT2D eigenvalue weighted by Crippen LogP contribution is 2.34. The molecule has 2 saturated heterocycles. The molecule has 46 heavy (non-hydrogen) atoms. The molecule has 2 atom stereocenters. The van der Waals surface area contributed by atoms with E-state index >= 15 is 0 Å². The van der Waals surface area contributed by atoms with E-state index in [0.29, 0.717) is 22.8 Å². The number of benzene rings is 1. The summed E-state index contributed by atoms with van der Waals surface area (Å²) in [6, 6.07) is 10.8. The Kier molecular flexibility index (Phi) is 8.12. The van der Waals surface area contributed by atoms with Crippen LogP contribution in [0.3, 0.4) is 0 Å². The zero-order valence-electron chi connectivity index (χ0n) is 26.7. The first-order valence-electron chi connectivity index (χ1n) is 16.0. The van der Waals surface area contributed by atoms with E-state index in [1.165, 1.54) is 3.97 Å². The van der Waals surface area contributed by atoms with Crippen molar-refractivity contribution in [2.75, 3.05) is 37.6 Å². The maximum atomic E-state index is 13.9. The molecule has 4 aromatic heterocycles. The predicted octanol–water partition coefficient (Wildman–Crippen LogP) is 5.17. The minimum atomic E-state index is -3.93. The topological polar surface area (TPSA) is 111 Å². The van der Waals surface area contributed by atoms with E-state index in [1.54, 1.807) is 48.9 Å². The average molecular weight is 641 g/mol. The van der Waals surface area contributed by atoms with Gasteiger partial charge < -0.3 is 14.5 Å². The molecule has 12 heteroatoms. The second kappa shape index (κ2) is 12.2. The fourth-order valence-corrected chi connectivity index (χ4v) is 8.10. The number of morpholine rings is 1. The lowest BCUT2D eigenvalue weighted by atomic mass is 10.1. The number of aryl methyl sites for hydroxylation is 1. The van der Waals surface area contributed by atoms with Crippen molar-refractivity contribution < 1.29 is 13.2 Å². The molecule has 1 aromatic carbocycles. The molecule has 240 valence electrons. The standard InChI is InChI=1S/C34H40N8O3S/c1-5-39-13-11-28(12-14-39)41-21-27(17-37-41)30-22-42(46(43,44)29-9-7-6-8-10-29)34-32(30)38-31(18-36-34)26-15-23(2)33(35-16-26)40-19-24(3)45-25(4)20-40/h6-10,15-18,21-22,24-25,28H,5,11-14,19-20H2,1-4H3/t24-,25-/m1/s1. The Labute approximate surface area is 269 Å². The van der Waals surface area contributed by atoms with Gasteiger partial charge in [-0.3, -0.25) is 4.68 Å². The van der Waals surface area contributed by atoms with Crippen LogP contribution >= 0.6 is 0 Å². The van der Waals surface area contributed by atoms with Crippen LogP contribution < -0.4 is 4.90 Å². The molecule has 0 bridgehead atoms. The van der Waals surface area contributed by atoms with Crippen LogP contribution in [0.5, 0.6) is 0 Å². The van der Waals surface area contributed by atoms with E-state index in [9.17, 15) is 8.42 Å². The maximum Gasteiger partial charge on any atom is 0.269 e. The Bertz CT molecular complexity index is 1950. The first-order chi connectivity index (χ1) is 22.2. The van der Waals surface area contributed by atoms with Gasteiger partial charge in [-0.25, -0.2) is 27.3 Å². The Morgan fingerprint density at radius 3 is 2.37 bits per heavy atom. The molecule has 11 nitrogen and oxygen atoms in total. The third-order valence-corrected chi connectivity index (χ3v) is 10.8. The fourth-order valence-electron chi connectivity index (χ4n) is 6.77. The number of ether oxygens (including phenoxy) is 1. The van der Waals surface area contributed by atoms with Gasteiger partial charge >= 0.3 is 0 Å². The molecule has 0 N–H and O–H groups in total. The molecule has 0 unspecified atom stereocenters. The lowest BCUT2D eigenvalue weighted by molar-refractivity contribution is -0.00549. The van der Waals surface area contributed by atoms with E-state index in [4.69, 9.17) is 24.8 Å². The minimum absolute atomic E-state index is 0.126. The maximum absolute atomic E-state index is 13.9. The van der Waals surface area contributed by atoms with Crippen molar-refractivity contribution in [1.82, 2.24) is 33.6 Å². The number of aromatic nitrogens is 6. The van der Waals surface area contributed by atoms with Gasteiger partial charge in [-0.05, 0) is 63.9 Å². The van der Waals surface area contributed by atoms with E-state index in [0.717, 1.165) is 68.1 Å². The highest BCUT2D eigenvalue weighted by Gasteiger charge is 2.27. The number of piperidine rings is 1. The van der Waals surface area contributed by atoms with Crippen molar-refractivity contribution in [3.63, 3.8) is 0 Å². The number of likely N-dealkylation sites (tertiary alicyclic amines) is 1. The Morgan fingerprint density at radius 2 is 1.67 bits per heavy atom. The summed E-state index contributed by atoms with van der Waals surface area (Å²) in [7, 11) is -3.93. The van der Waals surface area contributed by atoms with Crippen LogP contribution in [0.2, 0.25) is 0 Å². The van der Waals surface area contributed by atoms with Crippen molar-refractivity contribution in [3.8, 4) is 22.4 Å². The first-order valence-corrected chi connectivity index (χ1v) is 17.5. The smallest absolute Gasteiger partial charge is 0.269 e. The van der Waals surface area contributed by atoms with E-state index in [1.807, 2.05) is 17.1 Å². The number of anilines is 1. The molecule has 0 spiro atoms. The monoisotopic (exact) mass is 640 g/mol. The quantitative estimate of drug-likeness (QED) is 0.238. The zero-order chi connectivity index (χ0) is 32.0. The van der Waals surface area contributed by atoms with Gasteiger partial charge in [0.2, 0.25) is 0 Å². The second-order valence-corrected chi connectivity index (χ2v) is 14.3. The molecule has 6 heterocycles. The van der Waals surface area contributed by atoms with Gasteiger partial charge in [0.25, 0.3) is 10.0 Å². The molecule has 5 aromatic rings. The van der Waals surface area contributed by atoms with Crippen LogP contribution in [-0.2, 0) is 14.8 Å². The van der Waals surface area contributed by atoms with Crippen molar-refractivity contribution in [2.45, 2.75) is 63.7 Å². The van der Waals surface area contributed by atoms with Gasteiger partial charge in [0.05, 0.1) is 41.2 Å². The van der Waals surface area contributed by atoms with Crippen LogP contribution in [0.4, 0.5) is 5.82 Å². The van der Waals surface area contributed by atoms with Crippen molar-refractivity contribution in [3.05, 3.63) is 72.9 Å². The fraction of sp³-hybridized carbons (Fsp3) is 0.412. The van der Waals surface area contributed by atoms with Gasteiger partial charge in [-0.1, -0.05) is 25.1 Å². The van der Waals surface area contributed by atoms with Gasteiger partial charge in [-0.2, -0.15) is 5.10 Å². The molecule has 2 aliphatic heterocycles. The molecule has 0 amide bonds. The largest absolute Gasteiger partial charge is 0.372 e. The highest BCUT2D eigenvalue weighted by molar-refractivity contribution is 7.90. The SMILES string of the molecule is CCN1CCC(n2cc(-c3cn(S(=O)(=O)c4ccccc4)c4ncc(-c5cnc(N6C[C@@H](C)O[C@H](C)C6)c(C)c5)nc34)cn2)CC1. The summed E-state index contributed by atoms with van der Waals surface area (Å²) in [5.41, 5.74) is 4.69. The average Bonchev–Trinajstić information content (AvgIpc) is 3.70. The summed E-state index contributed by atoms with van der Waals surface area (Å²) in [5.74, 6) is 0.928. The Hall–Kier alpha value is -4.13. The van der Waals surface area contributed by atoms with Crippen molar-refractivity contribution in [1.29, 1.82) is 0 Å². The third kappa shape index (κ3) is 5.69. The zero-order valence-corrected chi connectivity index (χ0v) is 27.6. The number of hydrogen-bond acceptors (Lipinski definition) is 9. The van der Waals surface area contributed by atoms with Crippen LogP contribution in [0.1, 0.15) is 45.2 Å². The number of fused-ring (bicyclic) bond motifs is 1. The van der Waals surface area contributed by atoms with Crippen molar-refractivity contribution >= 4 is 27.0 Å². The predicted molar refractivity (Wildman–Crippen MR) is 178 cm³/mol. The van der Waals surface area contributed by atoms with Gasteiger partial charge in [0, 0.05) is 61.5 Å². The van der Waals surface area contributed by atoms with Crippen LogP contribution in [0.15, 0.2) is 72.3 Å². The molecular formula is C34H40N8O3S.